The first-order chi connectivity index (χ1) is 17.6. The van der Waals surface area contributed by atoms with Gasteiger partial charge in [0.05, 0.1) is 32.8 Å². The molecule has 0 N–H and O–H groups in total. The second kappa shape index (κ2) is 12.3. The third kappa shape index (κ3) is 6.94. The summed E-state index contributed by atoms with van der Waals surface area (Å²) < 4.78 is 44.4. The molecule has 0 aliphatic heterocycles. The first kappa shape index (κ1) is 28.3. The molecule has 3 rings (SSSR count). The fourth-order valence-corrected chi connectivity index (χ4v) is 5.24. The summed E-state index contributed by atoms with van der Waals surface area (Å²) >= 11 is 5.96. The first-order valence-corrected chi connectivity index (χ1v) is 13.2. The summed E-state index contributed by atoms with van der Waals surface area (Å²) in [6.45, 7) is 1.84. The van der Waals surface area contributed by atoms with Crippen molar-refractivity contribution in [2.75, 3.05) is 34.9 Å². The lowest BCUT2D eigenvalue weighted by Gasteiger charge is -2.25. The van der Waals surface area contributed by atoms with Crippen LogP contribution >= 0.6 is 11.6 Å². The van der Waals surface area contributed by atoms with Crippen molar-refractivity contribution in [3.63, 3.8) is 0 Å². The number of benzene rings is 3. The van der Waals surface area contributed by atoms with Crippen molar-refractivity contribution in [1.29, 1.82) is 0 Å². The number of halogens is 1. The second-order valence-corrected chi connectivity index (χ2v) is 10.9. The lowest BCUT2D eigenvalue weighted by Crippen LogP contribution is -2.40. The number of methoxy groups -OCH3 is 3. The van der Waals surface area contributed by atoms with Gasteiger partial charge in [-0.1, -0.05) is 41.4 Å². The Hall–Kier alpha value is -3.27. The molecule has 0 saturated heterocycles. The number of carbonyl (C=O) groups excluding carboxylic acids is 1. The molecule has 3 aromatic carbocycles. The van der Waals surface area contributed by atoms with Gasteiger partial charge in [0.25, 0.3) is 0 Å². The molecule has 0 atom stereocenters. The number of rotatable bonds is 11. The lowest BCUT2D eigenvalue weighted by molar-refractivity contribution is -0.130. The van der Waals surface area contributed by atoms with Gasteiger partial charge in [-0.25, -0.2) is 8.42 Å². The Morgan fingerprint density at radius 2 is 1.41 bits per heavy atom. The minimum absolute atomic E-state index is 0.0367. The minimum Gasteiger partial charge on any atom is -0.493 e. The largest absolute Gasteiger partial charge is 0.493 e. The van der Waals surface area contributed by atoms with Crippen LogP contribution in [0.3, 0.4) is 0 Å². The van der Waals surface area contributed by atoms with Crippen LogP contribution in [0.4, 0.5) is 0 Å². The summed E-state index contributed by atoms with van der Waals surface area (Å²) in [5, 5.41) is 0.421. The molecule has 198 valence electrons. The molecular formula is C27H31ClN2O6S. The molecule has 0 aliphatic carbocycles. The molecule has 0 aromatic heterocycles. The van der Waals surface area contributed by atoms with E-state index in [0.29, 0.717) is 22.3 Å². The van der Waals surface area contributed by atoms with Gasteiger partial charge in [0.15, 0.2) is 11.5 Å². The van der Waals surface area contributed by atoms with Crippen LogP contribution in [0.15, 0.2) is 65.6 Å². The summed E-state index contributed by atoms with van der Waals surface area (Å²) in [6, 6.07) is 16.9. The van der Waals surface area contributed by atoms with E-state index in [1.807, 2.05) is 31.2 Å². The highest BCUT2D eigenvalue weighted by Crippen LogP contribution is 2.38. The molecule has 10 heteroatoms. The summed E-state index contributed by atoms with van der Waals surface area (Å²) in [6.07, 6.45) is 0. The van der Waals surface area contributed by atoms with E-state index >= 15 is 0 Å². The van der Waals surface area contributed by atoms with Crippen molar-refractivity contribution >= 4 is 27.5 Å². The number of hydrogen-bond acceptors (Lipinski definition) is 6. The number of ether oxygens (including phenoxy) is 3. The number of sulfonamides is 1. The molecule has 0 bridgehead atoms. The normalized spacial score (nSPS) is 11.3. The summed E-state index contributed by atoms with van der Waals surface area (Å²) in [7, 11) is 2.17. The number of hydrogen-bond donors (Lipinski definition) is 0. The van der Waals surface area contributed by atoms with E-state index in [1.54, 1.807) is 19.2 Å². The third-order valence-electron chi connectivity index (χ3n) is 5.81. The van der Waals surface area contributed by atoms with Crippen LogP contribution in [-0.4, -0.2) is 58.5 Å². The molecule has 0 fully saturated rings. The lowest BCUT2D eigenvalue weighted by atomic mass is 10.1. The van der Waals surface area contributed by atoms with Gasteiger partial charge < -0.3 is 19.1 Å². The summed E-state index contributed by atoms with van der Waals surface area (Å²) in [5.74, 6) is 0.993. The van der Waals surface area contributed by atoms with E-state index < -0.39 is 10.0 Å². The van der Waals surface area contributed by atoms with E-state index in [0.717, 1.165) is 16.7 Å². The molecule has 0 spiro atoms. The van der Waals surface area contributed by atoms with Crippen LogP contribution in [-0.2, 0) is 27.9 Å². The Balaban J connectivity index is 1.87. The molecule has 3 aromatic rings. The second-order valence-electron chi connectivity index (χ2n) is 8.50. The van der Waals surface area contributed by atoms with E-state index in [4.69, 9.17) is 25.8 Å². The molecule has 0 unspecified atom stereocenters. The van der Waals surface area contributed by atoms with E-state index in [-0.39, 0.29) is 30.4 Å². The van der Waals surface area contributed by atoms with Crippen molar-refractivity contribution in [2.24, 2.45) is 0 Å². The van der Waals surface area contributed by atoms with Crippen LogP contribution in [0, 0.1) is 6.92 Å². The minimum atomic E-state index is -3.99. The number of likely N-dealkylation sites (N-methyl/N-ethyl adjacent to an activating group) is 1. The molecule has 8 nitrogen and oxygen atoms in total. The number of aryl methyl sites for hydroxylation is 1. The SMILES string of the molecule is COc1cc(CN(C)C(=O)CN(Cc2ccc(C)cc2)S(=O)(=O)c2ccc(Cl)cc2)cc(OC)c1OC. The topological polar surface area (TPSA) is 85.4 Å². The van der Waals surface area contributed by atoms with Gasteiger partial charge in [-0.05, 0) is 54.4 Å². The highest BCUT2D eigenvalue weighted by Gasteiger charge is 2.28. The number of carbonyl (C=O) groups is 1. The average Bonchev–Trinajstić information content (AvgIpc) is 2.88. The van der Waals surface area contributed by atoms with E-state index in [1.165, 1.54) is 54.8 Å². The van der Waals surface area contributed by atoms with Gasteiger partial charge in [-0.3, -0.25) is 4.79 Å². The maximum absolute atomic E-state index is 13.5. The highest BCUT2D eigenvalue weighted by molar-refractivity contribution is 7.89. The fraction of sp³-hybridized carbons (Fsp3) is 0.296. The Morgan fingerprint density at radius 3 is 1.92 bits per heavy atom. The molecule has 0 radical (unpaired) electrons. The predicted molar refractivity (Wildman–Crippen MR) is 143 cm³/mol. The van der Waals surface area contributed by atoms with Gasteiger partial charge in [-0.2, -0.15) is 4.31 Å². The van der Waals surface area contributed by atoms with Gasteiger partial charge in [0, 0.05) is 25.2 Å². The summed E-state index contributed by atoms with van der Waals surface area (Å²) in [4.78, 5) is 14.8. The monoisotopic (exact) mass is 546 g/mol. The van der Waals surface area contributed by atoms with Gasteiger partial charge in [0.1, 0.15) is 0 Å². The maximum Gasteiger partial charge on any atom is 0.243 e. The Labute approximate surface area is 223 Å². The highest BCUT2D eigenvalue weighted by atomic mass is 35.5. The van der Waals surface area contributed by atoms with E-state index in [9.17, 15) is 13.2 Å². The first-order valence-electron chi connectivity index (χ1n) is 11.4. The standard InChI is InChI=1S/C27H31ClN2O6S/c1-19-6-8-20(9-7-19)17-30(37(32,33)23-12-10-22(28)11-13-23)18-26(31)29(2)16-21-14-24(34-3)27(36-5)25(15-21)35-4/h6-15H,16-18H2,1-5H3. The van der Waals surface area contributed by atoms with Crippen LogP contribution in [0.2, 0.25) is 5.02 Å². The number of nitrogens with zero attached hydrogens (tertiary/aromatic N) is 2. The molecule has 37 heavy (non-hydrogen) atoms. The Morgan fingerprint density at radius 1 is 0.838 bits per heavy atom. The molecular weight excluding hydrogens is 516 g/mol. The molecule has 0 aliphatic rings. The molecule has 1 amide bonds. The van der Waals surface area contributed by atoms with Gasteiger partial charge in [0.2, 0.25) is 21.7 Å². The van der Waals surface area contributed by atoms with Crippen LogP contribution in [0.1, 0.15) is 16.7 Å². The smallest absolute Gasteiger partial charge is 0.243 e. The van der Waals surface area contributed by atoms with Crippen molar-refractivity contribution < 1.29 is 27.4 Å². The Kier molecular flexibility index (Phi) is 9.42. The quantitative estimate of drug-likeness (QED) is 0.351. The molecule has 0 heterocycles. The zero-order chi connectivity index (χ0) is 27.2. The Bertz CT molecular complexity index is 1300. The zero-order valence-corrected chi connectivity index (χ0v) is 23.1. The van der Waals surface area contributed by atoms with Crippen molar-refractivity contribution in [3.8, 4) is 17.2 Å². The van der Waals surface area contributed by atoms with Crippen LogP contribution < -0.4 is 14.2 Å². The van der Waals surface area contributed by atoms with Gasteiger partial charge in [-0.15, -0.1) is 0 Å². The maximum atomic E-state index is 13.5. The average molecular weight is 547 g/mol. The zero-order valence-electron chi connectivity index (χ0n) is 21.5. The van der Waals surface area contributed by atoms with Crippen molar-refractivity contribution in [3.05, 3.63) is 82.4 Å². The van der Waals surface area contributed by atoms with Crippen molar-refractivity contribution in [1.82, 2.24) is 9.21 Å². The fourth-order valence-electron chi connectivity index (χ4n) is 3.74. The van der Waals surface area contributed by atoms with Crippen LogP contribution in [0.5, 0.6) is 17.2 Å². The van der Waals surface area contributed by atoms with Gasteiger partial charge >= 0.3 is 0 Å². The number of amides is 1. The summed E-state index contributed by atoms with van der Waals surface area (Å²) in [5.41, 5.74) is 2.55. The molecule has 0 saturated carbocycles. The van der Waals surface area contributed by atoms with E-state index in [2.05, 4.69) is 0 Å². The van der Waals surface area contributed by atoms with Crippen LogP contribution in [0.25, 0.3) is 0 Å². The predicted octanol–water partition coefficient (Wildman–Crippen LogP) is 4.52. The third-order valence-corrected chi connectivity index (χ3v) is 7.87. The van der Waals surface area contributed by atoms with Crippen molar-refractivity contribution in [2.45, 2.75) is 24.9 Å².